The highest BCUT2D eigenvalue weighted by atomic mass is 32.2. The number of hydrogen-bond donors (Lipinski definition) is 4. The van der Waals surface area contributed by atoms with Crippen molar-refractivity contribution in [3.8, 4) is 0 Å². The molecule has 1 aromatic carbocycles. The van der Waals surface area contributed by atoms with Crippen molar-refractivity contribution in [3.63, 3.8) is 0 Å². The summed E-state index contributed by atoms with van der Waals surface area (Å²) in [7, 11) is -4.29. The summed E-state index contributed by atoms with van der Waals surface area (Å²) in [5, 5.41) is 28.1. The second-order valence-electron chi connectivity index (χ2n) is 4.04. The Hall–Kier alpha value is -2.08. The van der Waals surface area contributed by atoms with Crippen LogP contribution >= 0.6 is 0 Å². The van der Waals surface area contributed by atoms with Crippen LogP contribution in [0.2, 0.25) is 0 Å². The van der Waals surface area contributed by atoms with E-state index in [4.69, 9.17) is 10.3 Å². The van der Waals surface area contributed by atoms with E-state index < -0.39 is 44.1 Å². The molecule has 0 radical (unpaired) electrons. The molecule has 0 aromatic heterocycles. The number of aliphatic hydroxyl groups excluding tert-OH is 1. The van der Waals surface area contributed by atoms with Crippen molar-refractivity contribution in [2.24, 2.45) is 0 Å². The molecule has 1 rings (SSSR count). The first kappa shape index (κ1) is 17.0. The summed E-state index contributed by atoms with van der Waals surface area (Å²) in [6.07, 6.45) is 0. The Morgan fingerprint density at radius 2 is 2.10 bits per heavy atom. The SMILES string of the molecule is Cc1ccc(S(=O)(=O)NC(CO)C(=O)NO)cc1[N+](=O)[O-]. The quantitative estimate of drug-likeness (QED) is 0.299. The highest BCUT2D eigenvalue weighted by Crippen LogP contribution is 2.22. The summed E-state index contributed by atoms with van der Waals surface area (Å²) in [4.78, 5) is 20.7. The molecule has 1 unspecified atom stereocenters. The van der Waals surface area contributed by atoms with Crippen molar-refractivity contribution in [1.29, 1.82) is 0 Å². The van der Waals surface area contributed by atoms with Crippen molar-refractivity contribution >= 4 is 21.6 Å². The number of nitrogens with one attached hydrogen (secondary N) is 2. The first-order valence-corrected chi connectivity index (χ1v) is 7.03. The van der Waals surface area contributed by atoms with Crippen LogP contribution in [0.15, 0.2) is 23.1 Å². The number of nitrogens with zero attached hydrogens (tertiary/aromatic N) is 1. The van der Waals surface area contributed by atoms with E-state index in [0.717, 1.165) is 12.1 Å². The van der Waals surface area contributed by atoms with E-state index in [0.29, 0.717) is 0 Å². The first-order valence-electron chi connectivity index (χ1n) is 5.55. The number of nitro benzene ring substituents is 1. The number of aliphatic hydroxyl groups is 1. The number of nitro groups is 1. The Morgan fingerprint density at radius 3 is 2.57 bits per heavy atom. The van der Waals surface area contributed by atoms with E-state index in [-0.39, 0.29) is 5.56 Å². The molecule has 10 nitrogen and oxygen atoms in total. The van der Waals surface area contributed by atoms with Gasteiger partial charge in [0.25, 0.3) is 11.6 Å². The summed E-state index contributed by atoms with van der Waals surface area (Å²) in [6, 6.07) is 1.58. The number of rotatable bonds is 6. The van der Waals surface area contributed by atoms with Gasteiger partial charge in [0.1, 0.15) is 6.04 Å². The van der Waals surface area contributed by atoms with Gasteiger partial charge in [-0.3, -0.25) is 20.1 Å². The van der Waals surface area contributed by atoms with Gasteiger partial charge >= 0.3 is 0 Å². The van der Waals surface area contributed by atoms with Crippen LogP contribution in [-0.2, 0) is 14.8 Å². The molecule has 1 atom stereocenters. The number of benzene rings is 1. The lowest BCUT2D eigenvalue weighted by Gasteiger charge is -2.14. The molecule has 0 spiro atoms. The first-order chi connectivity index (χ1) is 9.72. The van der Waals surface area contributed by atoms with Crippen LogP contribution in [0.5, 0.6) is 0 Å². The van der Waals surface area contributed by atoms with E-state index in [2.05, 4.69) is 0 Å². The van der Waals surface area contributed by atoms with Crippen LogP contribution < -0.4 is 10.2 Å². The van der Waals surface area contributed by atoms with Crippen molar-refractivity contribution in [3.05, 3.63) is 33.9 Å². The third-order valence-corrected chi connectivity index (χ3v) is 4.06. The zero-order chi connectivity index (χ0) is 16.2. The average Bonchev–Trinajstić information content (AvgIpc) is 2.43. The van der Waals surface area contributed by atoms with Crippen molar-refractivity contribution < 1.29 is 28.4 Å². The number of carbonyl (C=O) groups is 1. The standard InChI is InChI=1S/C10H13N3O7S/c1-6-2-3-7(4-9(6)13(17)18)21(19,20)12-8(5-14)10(15)11-16/h2-4,8,12,14,16H,5H2,1H3,(H,11,15). The van der Waals surface area contributed by atoms with Gasteiger partial charge in [-0.15, -0.1) is 0 Å². The number of carbonyl (C=O) groups excluding carboxylic acids is 1. The number of aryl methyl sites for hydroxylation is 1. The summed E-state index contributed by atoms with van der Waals surface area (Å²) in [5.74, 6) is -1.16. The molecule has 0 aliphatic rings. The predicted octanol–water partition coefficient (Wildman–Crippen LogP) is -0.952. The van der Waals surface area contributed by atoms with Gasteiger partial charge in [0.15, 0.2) is 0 Å². The fraction of sp³-hybridized carbons (Fsp3) is 0.300. The summed E-state index contributed by atoms with van der Waals surface area (Å²) in [6.45, 7) is 0.539. The second-order valence-corrected chi connectivity index (χ2v) is 5.75. The van der Waals surface area contributed by atoms with E-state index in [1.807, 2.05) is 4.72 Å². The van der Waals surface area contributed by atoms with Crippen molar-refractivity contribution in [1.82, 2.24) is 10.2 Å². The van der Waals surface area contributed by atoms with Crippen LogP contribution in [0.4, 0.5) is 5.69 Å². The van der Waals surface area contributed by atoms with E-state index >= 15 is 0 Å². The molecule has 0 aliphatic carbocycles. The average molecular weight is 319 g/mol. The predicted molar refractivity (Wildman–Crippen MR) is 69.0 cm³/mol. The van der Waals surface area contributed by atoms with Crippen LogP contribution in [0.25, 0.3) is 0 Å². The molecular formula is C10H13N3O7S. The third kappa shape index (κ3) is 3.95. The molecule has 0 heterocycles. The van der Waals surface area contributed by atoms with E-state index in [9.17, 15) is 23.3 Å². The number of hydroxylamine groups is 1. The molecular weight excluding hydrogens is 306 g/mol. The van der Waals surface area contributed by atoms with Gasteiger partial charge in [0.05, 0.1) is 16.4 Å². The summed E-state index contributed by atoms with van der Waals surface area (Å²) >= 11 is 0. The van der Waals surface area contributed by atoms with Crippen molar-refractivity contribution in [2.75, 3.05) is 6.61 Å². The van der Waals surface area contributed by atoms with Gasteiger partial charge in [-0.1, -0.05) is 6.07 Å². The molecule has 21 heavy (non-hydrogen) atoms. The van der Waals surface area contributed by atoms with E-state index in [1.54, 1.807) is 0 Å². The van der Waals surface area contributed by atoms with Crippen LogP contribution in [0.3, 0.4) is 0 Å². The molecule has 0 fully saturated rings. The Morgan fingerprint density at radius 1 is 1.48 bits per heavy atom. The topological polar surface area (TPSA) is 159 Å². The molecule has 0 aliphatic heterocycles. The molecule has 4 N–H and O–H groups in total. The Labute approximate surface area is 119 Å². The Bertz CT molecular complexity index is 659. The maximum absolute atomic E-state index is 12.0. The third-order valence-electron chi connectivity index (χ3n) is 2.59. The minimum Gasteiger partial charge on any atom is -0.394 e. The smallest absolute Gasteiger partial charge is 0.273 e. The lowest BCUT2D eigenvalue weighted by atomic mass is 10.2. The fourth-order valence-electron chi connectivity index (χ4n) is 1.46. The number of hydrogen-bond acceptors (Lipinski definition) is 7. The Kier molecular flexibility index (Phi) is 5.32. The lowest BCUT2D eigenvalue weighted by Crippen LogP contribution is -2.47. The Balaban J connectivity index is 3.16. The van der Waals surface area contributed by atoms with Gasteiger partial charge in [-0.05, 0) is 13.0 Å². The number of amides is 1. The molecule has 0 bridgehead atoms. The molecule has 0 saturated carbocycles. The molecule has 11 heteroatoms. The lowest BCUT2D eigenvalue weighted by molar-refractivity contribution is -0.385. The molecule has 1 aromatic rings. The van der Waals surface area contributed by atoms with Gasteiger partial charge in [0, 0.05) is 11.6 Å². The molecule has 0 saturated heterocycles. The summed E-state index contributed by atoms with van der Waals surface area (Å²) < 4.78 is 25.8. The van der Waals surface area contributed by atoms with Crippen LogP contribution in [0, 0.1) is 17.0 Å². The van der Waals surface area contributed by atoms with Crippen molar-refractivity contribution in [2.45, 2.75) is 17.9 Å². The molecule has 116 valence electrons. The highest BCUT2D eigenvalue weighted by molar-refractivity contribution is 7.89. The largest absolute Gasteiger partial charge is 0.394 e. The van der Waals surface area contributed by atoms with Crippen LogP contribution in [0.1, 0.15) is 5.56 Å². The zero-order valence-corrected chi connectivity index (χ0v) is 11.6. The monoisotopic (exact) mass is 319 g/mol. The van der Waals surface area contributed by atoms with Gasteiger partial charge in [0.2, 0.25) is 10.0 Å². The molecule has 1 amide bonds. The zero-order valence-electron chi connectivity index (χ0n) is 10.8. The normalized spacial score (nSPS) is 12.7. The van der Waals surface area contributed by atoms with Crippen LogP contribution in [-0.4, -0.2) is 42.2 Å². The fourth-order valence-corrected chi connectivity index (χ4v) is 2.67. The second kappa shape index (κ2) is 6.58. The van der Waals surface area contributed by atoms with Gasteiger partial charge in [-0.25, -0.2) is 13.9 Å². The van der Waals surface area contributed by atoms with Gasteiger partial charge < -0.3 is 5.11 Å². The summed E-state index contributed by atoms with van der Waals surface area (Å²) in [5.41, 5.74) is 1.07. The highest BCUT2D eigenvalue weighted by Gasteiger charge is 2.26. The van der Waals surface area contributed by atoms with Gasteiger partial charge in [-0.2, -0.15) is 4.72 Å². The minimum absolute atomic E-state index is 0.269. The maximum Gasteiger partial charge on any atom is 0.273 e. The van der Waals surface area contributed by atoms with E-state index in [1.165, 1.54) is 18.5 Å². The maximum atomic E-state index is 12.0. The number of sulfonamides is 1. The minimum atomic E-state index is -4.29.